The molecule has 0 saturated carbocycles. The van der Waals surface area contributed by atoms with Gasteiger partial charge in [0, 0.05) is 45.4 Å². The van der Waals surface area contributed by atoms with Crippen molar-refractivity contribution in [3.8, 4) is 0 Å². The van der Waals surface area contributed by atoms with Crippen LogP contribution in [0.25, 0.3) is 0 Å². The lowest BCUT2D eigenvalue weighted by molar-refractivity contribution is 0.00778. The highest BCUT2D eigenvalue weighted by atomic mass is 16.5. The lowest BCUT2D eigenvalue weighted by atomic mass is 9.97. The maximum atomic E-state index is 5.44. The maximum Gasteiger partial charge on any atom is 0.191 e. The Balaban J connectivity index is 1.79. The molecule has 2 heterocycles. The molecule has 0 aromatic heterocycles. The van der Waals surface area contributed by atoms with Crippen molar-refractivity contribution in [1.29, 1.82) is 0 Å². The zero-order valence-corrected chi connectivity index (χ0v) is 12.5. The van der Waals surface area contributed by atoms with Crippen LogP contribution in [0.1, 0.15) is 33.1 Å². The molecule has 0 amide bonds. The van der Waals surface area contributed by atoms with E-state index in [0.717, 1.165) is 57.9 Å². The van der Waals surface area contributed by atoms with Crippen LogP contribution in [0.4, 0.5) is 0 Å². The van der Waals surface area contributed by atoms with Gasteiger partial charge in [-0.15, -0.1) is 0 Å². The van der Waals surface area contributed by atoms with Crippen LogP contribution in [-0.4, -0.2) is 62.3 Å². The van der Waals surface area contributed by atoms with Crippen LogP contribution < -0.4 is 10.6 Å². The van der Waals surface area contributed by atoms with E-state index < -0.39 is 0 Å². The van der Waals surface area contributed by atoms with E-state index in [1.165, 1.54) is 0 Å². The first kappa shape index (κ1) is 14.6. The van der Waals surface area contributed by atoms with Crippen LogP contribution in [0.2, 0.25) is 0 Å². The third-order valence-electron chi connectivity index (χ3n) is 4.22. The van der Waals surface area contributed by atoms with Crippen LogP contribution >= 0.6 is 0 Å². The summed E-state index contributed by atoms with van der Waals surface area (Å²) in [6, 6.07) is 0. The van der Waals surface area contributed by atoms with E-state index in [9.17, 15) is 0 Å². The van der Waals surface area contributed by atoms with Crippen LogP contribution in [0, 0.1) is 0 Å². The first-order valence-electron chi connectivity index (χ1n) is 7.42. The minimum atomic E-state index is 0.153. The van der Waals surface area contributed by atoms with Crippen LogP contribution in [0.15, 0.2) is 4.99 Å². The minimum absolute atomic E-state index is 0.153. The van der Waals surface area contributed by atoms with Gasteiger partial charge in [0.1, 0.15) is 0 Å². The Labute approximate surface area is 116 Å². The van der Waals surface area contributed by atoms with Crippen molar-refractivity contribution in [2.45, 2.75) is 44.8 Å². The fourth-order valence-electron chi connectivity index (χ4n) is 2.76. The van der Waals surface area contributed by atoms with Gasteiger partial charge >= 0.3 is 0 Å². The number of nitrogens with zero attached hydrogens (tertiary/aromatic N) is 2. The molecule has 0 aromatic carbocycles. The predicted molar refractivity (Wildman–Crippen MR) is 78.6 cm³/mol. The number of aliphatic imine (C=N–C) groups is 1. The van der Waals surface area contributed by atoms with Crippen molar-refractivity contribution in [3.05, 3.63) is 0 Å². The van der Waals surface area contributed by atoms with E-state index >= 15 is 0 Å². The van der Waals surface area contributed by atoms with Gasteiger partial charge in [0.15, 0.2) is 5.96 Å². The summed E-state index contributed by atoms with van der Waals surface area (Å²) in [7, 11) is 1.82. The van der Waals surface area contributed by atoms with E-state index in [-0.39, 0.29) is 5.54 Å². The molecule has 1 fully saturated rings. The van der Waals surface area contributed by atoms with Gasteiger partial charge in [0.05, 0.1) is 6.10 Å². The Bertz CT molecular complexity index is 309. The Morgan fingerprint density at radius 3 is 2.74 bits per heavy atom. The van der Waals surface area contributed by atoms with Gasteiger partial charge in [-0.1, -0.05) is 0 Å². The average Bonchev–Trinajstić information content (AvgIpc) is 2.46. The number of nitrogens with one attached hydrogen (secondary N) is 2. The van der Waals surface area contributed by atoms with Gasteiger partial charge in [-0.25, -0.2) is 0 Å². The summed E-state index contributed by atoms with van der Waals surface area (Å²) in [5.74, 6) is 0.964. The zero-order valence-electron chi connectivity index (χ0n) is 12.5. The van der Waals surface area contributed by atoms with Crippen molar-refractivity contribution >= 4 is 5.96 Å². The quantitative estimate of drug-likeness (QED) is 0.792. The molecule has 0 atom stereocenters. The Hall–Kier alpha value is -0.810. The second kappa shape index (κ2) is 6.57. The fourth-order valence-corrected chi connectivity index (χ4v) is 2.76. The fraction of sp³-hybridized carbons (Fsp3) is 0.929. The van der Waals surface area contributed by atoms with E-state index in [1.54, 1.807) is 0 Å². The standard InChI is InChI=1S/C14H28N4O/c1-14(2,11-17-13-15-7-4-8-16-13)18-9-5-12(19-3)6-10-18/h12H,4-11H2,1-3H3,(H2,15,16,17). The molecule has 5 nitrogen and oxygen atoms in total. The number of methoxy groups -OCH3 is 1. The van der Waals surface area contributed by atoms with Gasteiger partial charge in [-0.2, -0.15) is 0 Å². The highest BCUT2D eigenvalue weighted by molar-refractivity contribution is 5.80. The molecule has 0 aromatic rings. The third-order valence-corrected chi connectivity index (χ3v) is 4.22. The average molecular weight is 268 g/mol. The van der Waals surface area contributed by atoms with Gasteiger partial charge in [-0.3, -0.25) is 9.89 Å². The molecule has 2 N–H and O–H groups in total. The number of ether oxygens (including phenoxy) is 1. The molecule has 2 aliphatic heterocycles. The Morgan fingerprint density at radius 2 is 2.16 bits per heavy atom. The molecule has 1 saturated heterocycles. The van der Waals surface area contributed by atoms with Crippen molar-refractivity contribution < 1.29 is 4.74 Å². The maximum absolute atomic E-state index is 5.44. The van der Waals surface area contributed by atoms with Gasteiger partial charge in [0.2, 0.25) is 0 Å². The largest absolute Gasteiger partial charge is 0.381 e. The minimum Gasteiger partial charge on any atom is -0.381 e. The predicted octanol–water partition coefficient (Wildman–Crippen LogP) is 0.815. The van der Waals surface area contributed by atoms with Crippen LogP contribution in [-0.2, 0) is 4.74 Å². The molecule has 2 rings (SSSR count). The van der Waals surface area contributed by atoms with Gasteiger partial charge in [-0.05, 0) is 33.1 Å². The van der Waals surface area contributed by atoms with Gasteiger partial charge < -0.3 is 15.4 Å². The lowest BCUT2D eigenvalue weighted by Gasteiger charge is -2.43. The number of hydrogen-bond acceptors (Lipinski definition) is 5. The highest BCUT2D eigenvalue weighted by Crippen LogP contribution is 2.21. The van der Waals surface area contributed by atoms with Crippen LogP contribution in [0.5, 0.6) is 0 Å². The van der Waals surface area contributed by atoms with Crippen molar-refractivity contribution in [2.75, 3.05) is 39.8 Å². The van der Waals surface area contributed by atoms with Crippen molar-refractivity contribution in [1.82, 2.24) is 15.5 Å². The summed E-state index contributed by atoms with van der Waals surface area (Å²) < 4.78 is 5.44. The number of rotatable bonds is 4. The summed E-state index contributed by atoms with van der Waals surface area (Å²) >= 11 is 0. The number of hydrogen-bond donors (Lipinski definition) is 2. The van der Waals surface area contributed by atoms with Crippen LogP contribution in [0.3, 0.4) is 0 Å². The summed E-state index contributed by atoms with van der Waals surface area (Å²) in [6.45, 7) is 9.74. The molecule has 0 bridgehead atoms. The number of guanidine groups is 1. The van der Waals surface area contributed by atoms with Gasteiger partial charge in [0.25, 0.3) is 0 Å². The summed E-state index contributed by atoms with van der Waals surface area (Å²) in [6.07, 6.45) is 3.86. The highest BCUT2D eigenvalue weighted by Gasteiger charge is 2.30. The van der Waals surface area contributed by atoms with E-state index in [2.05, 4.69) is 34.4 Å². The van der Waals surface area contributed by atoms with Crippen molar-refractivity contribution in [2.24, 2.45) is 4.99 Å². The van der Waals surface area contributed by atoms with Crippen molar-refractivity contribution in [3.63, 3.8) is 0 Å². The SMILES string of the molecule is COC1CCN(C(C)(C)CNC2=NCCCN2)CC1. The van der Waals surface area contributed by atoms with E-state index in [4.69, 9.17) is 4.74 Å². The normalized spacial score (nSPS) is 22.8. The zero-order chi connectivity index (χ0) is 13.7. The molecular formula is C14H28N4O. The lowest BCUT2D eigenvalue weighted by Crippen LogP contribution is -2.56. The molecule has 5 heteroatoms. The first-order chi connectivity index (χ1) is 9.12. The second-order valence-electron chi connectivity index (χ2n) is 6.10. The third kappa shape index (κ3) is 4.08. The molecule has 0 spiro atoms. The monoisotopic (exact) mass is 268 g/mol. The van der Waals surface area contributed by atoms with E-state index in [0.29, 0.717) is 6.10 Å². The second-order valence-corrected chi connectivity index (χ2v) is 6.10. The summed E-state index contributed by atoms with van der Waals surface area (Å²) in [5, 5.41) is 6.76. The smallest absolute Gasteiger partial charge is 0.191 e. The molecule has 110 valence electrons. The summed E-state index contributed by atoms with van der Waals surface area (Å²) in [4.78, 5) is 7.01. The topological polar surface area (TPSA) is 48.9 Å². The number of likely N-dealkylation sites (tertiary alicyclic amines) is 1. The molecular weight excluding hydrogens is 240 g/mol. The molecule has 2 aliphatic rings. The van der Waals surface area contributed by atoms with E-state index in [1.807, 2.05) is 7.11 Å². The first-order valence-corrected chi connectivity index (χ1v) is 7.42. The molecule has 0 aliphatic carbocycles. The summed E-state index contributed by atoms with van der Waals surface area (Å²) in [5.41, 5.74) is 0.153. The number of piperidine rings is 1. The molecule has 19 heavy (non-hydrogen) atoms. The molecule has 0 radical (unpaired) electrons. The Morgan fingerprint density at radius 1 is 1.42 bits per heavy atom. The Kier molecular flexibility index (Phi) is 5.05. The molecule has 0 unspecified atom stereocenters.